The van der Waals surface area contributed by atoms with E-state index in [1.165, 1.54) is 56.4 Å². The van der Waals surface area contributed by atoms with Crippen LogP contribution in [0.15, 0.2) is 72.8 Å². The van der Waals surface area contributed by atoms with Crippen molar-refractivity contribution in [3.8, 4) is 22.6 Å². The summed E-state index contributed by atoms with van der Waals surface area (Å²) in [5, 5.41) is 0. The Hall–Kier alpha value is -3.81. The molecule has 3 aromatic carbocycles. The van der Waals surface area contributed by atoms with Gasteiger partial charge in [-0.3, -0.25) is 0 Å². The molecule has 0 aromatic heterocycles. The Balaban J connectivity index is 1.43. The van der Waals surface area contributed by atoms with Crippen molar-refractivity contribution in [2.24, 2.45) is 5.92 Å². The summed E-state index contributed by atoms with van der Waals surface area (Å²) in [5.74, 6) is -2.10. The van der Waals surface area contributed by atoms with E-state index in [1.807, 2.05) is 36.4 Å². The molecule has 0 heterocycles. The number of halogens is 3. The van der Waals surface area contributed by atoms with Gasteiger partial charge in [0.25, 0.3) is 0 Å². The fourth-order valence-corrected chi connectivity index (χ4v) is 5.39. The van der Waals surface area contributed by atoms with E-state index in [0.29, 0.717) is 18.6 Å². The summed E-state index contributed by atoms with van der Waals surface area (Å²) < 4.78 is 56.9. The Kier molecular flexibility index (Phi) is 17.1. The van der Waals surface area contributed by atoms with Crippen molar-refractivity contribution in [3.05, 3.63) is 83.9 Å². The van der Waals surface area contributed by atoms with Gasteiger partial charge >= 0.3 is 18.1 Å². The molecule has 5 nitrogen and oxygen atoms in total. The van der Waals surface area contributed by atoms with E-state index >= 15 is 0 Å². The number of hydrogen-bond donors (Lipinski definition) is 0. The van der Waals surface area contributed by atoms with E-state index < -0.39 is 30.6 Å². The van der Waals surface area contributed by atoms with Crippen molar-refractivity contribution in [1.82, 2.24) is 0 Å². The number of alkyl halides is 3. The van der Waals surface area contributed by atoms with Gasteiger partial charge in [0.1, 0.15) is 18.1 Å². The first-order valence-electron chi connectivity index (χ1n) is 17.6. The van der Waals surface area contributed by atoms with E-state index in [9.17, 15) is 22.8 Å². The van der Waals surface area contributed by atoms with E-state index in [4.69, 9.17) is 14.2 Å². The molecule has 0 fully saturated rings. The van der Waals surface area contributed by atoms with E-state index in [0.717, 1.165) is 61.8 Å². The van der Waals surface area contributed by atoms with Crippen molar-refractivity contribution < 1.29 is 37.0 Å². The molecule has 48 heavy (non-hydrogen) atoms. The normalized spacial score (nSPS) is 12.0. The minimum absolute atomic E-state index is 0.0684. The van der Waals surface area contributed by atoms with E-state index in [2.05, 4.69) is 13.8 Å². The molecule has 0 saturated carbocycles. The number of benzene rings is 3. The molecule has 0 saturated heterocycles. The smallest absolute Gasteiger partial charge is 0.395 e. The van der Waals surface area contributed by atoms with Crippen LogP contribution in [0.3, 0.4) is 0 Å². The van der Waals surface area contributed by atoms with E-state index in [1.54, 1.807) is 12.1 Å². The summed E-state index contributed by atoms with van der Waals surface area (Å²) in [6, 6.07) is 20.4. The van der Waals surface area contributed by atoms with Gasteiger partial charge in [-0.05, 0) is 72.5 Å². The maximum absolute atomic E-state index is 13.5. The van der Waals surface area contributed by atoms with Crippen LogP contribution < -0.4 is 9.47 Å². The molecule has 3 aromatic rings. The van der Waals surface area contributed by atoms with Crippen molar-refractivity contribution in [1.29, 1.82) is 0 Å². The molecule has 0 aliphatic heterocycles. The summed E-state index contributed by atoms with van der Waals surface area (Å²) in [6.07, 6.45) is 9.28. The van der Waals surface area contributed by atoms with Gasteiger partial charge in [-0.15, -0.1) is 0 Å². The molecular weight excluding hydrogens is 617 g/mol. The lowest BCUT2D eigenvalue weighted by atomic mass is 10.00. The zero-order valence-corrected chi connectivity index (χ0v) is 28.5. The SMILES string of the molecule is CCCCCCCCCC(COC(=O)c1ccc(OC(=O)c2ccc(-c3ccc(OCCCCCCCC)cc3)cc2)cc1)C(F)(F)F. The Labute approximate surface area is 284 Å². The average molecular weight is 669 g/mol. The second-order valence-electron chi connectivity index (χ2n) is 12.4. The first kappa shape index (κ1) is 38.6. The monoisotopic (exact) mass is 668 g/mol. The minimum atomic E-state index is -4.44. The molecule has 0 aliphatic carbocycles. The molecule has 0 radical (unpaired) electrons. The van der Waals surface area contributed by atoms with Gasteiger partial charge in [-0.25, -0.2) is 9.59 Å². The lowest BCUT2D eigenvalue weighted by Gasteiger charge is -2.20. The second kappa shape index (κ2) is 21.2. The van der Waals surface area contributed by atoms with Gasteiger partial charge in [0.2, 0.25) is 0 Å². The van der Waals surface area contributed by atoms with Crippen LogP contribution in [0.2, 0.25) is 0 Å². The zero-order valence-electron chi connectivity index (χ0n) is 28.5. The summed E-state index contributed by atoms with van der Waals surface area (Å²) >= 11 is 0. The highest BCUT2D eigenvalue weighted by atomic mass is 19.4. The number of rotatable bonds is 22. The number of ether oxygens (including phenoxy) is 3. The largest absolute Gasteiger partial charge is 0.494 e. The van der Waals surface area contributed by atoms with Crippen molar-refractivity contribution in [2.75, 3.05) is 13.2 Å². The molecule has 0 aliphatic rings. The van der Waals surface area contributed by atoms with Gasteiger partial charge in [0.05, 0.1) is 23.7 Å². The van der Waals surface area contributed by atoms with Crippen LogP contribution in [0.5, 0.6) is 11.5 Å². The van der Waals surface area contributed by atoms with Gasteiger partial charge < -0.3 is 14.2 Å². The third-order valence-electron chi connectivity index (χ3n) is 8.41. The van der Waals surface area contributed by atoms with Crippen LogP contribution >= 0.6 is 0 Å². The molecular formula is C40H51F3O5. The van der Waals surface area contributed by atoms with Crippen LogP contribution in [0.4, 0.5) is 13.2 Å². The van der Waals surface area contributed by atoms with Gasteiger partial charge in [-0.1, -0.05) is 115 Å². The van der Waals surface area contributed by atoms with Crippen LogP contribution in [-0.2, 0) is 4.74 Å². The van der Waals surface area contributed by atoms with Crippen LogP contribution in [0.25, 0.3) is 11.1 Å². The number of hydrogen-bond acceptors (Lipinski definition) is 5. The predicted molar refractivity (Wildman–Crippen MR) is 185 cm³/mol. The average Bonchev–Trinajstić information content (AvgIpc) is 3.08. The summed E-state index contributed by atoms with van der Waals surface area (Å²) in [4.78, 5) is 25.2. The number of esters is 2. The highest BCUT2D eigenvalue weighted by molar-refractivity contribution is 5.92. The molecule has 1 unspecified atom stereocenters. The summed E-state index contributed by atoms with van der Waals surface area (Å²) in [6.45, 7) is 4.32. The fraction of sp³-hybridized carbons (Fsp3) is 0.500. The van der Waals surface area contributed by atoms with Crippen molar-refractivity contribution >= 4 is 11.9 Å². The molecule has 0 amide bonds. The topological polar surface area (TPSA) is 61.8 Å². The van der Waals surface area contributed by atoms with E-state index in [-0.39, 0.29) is 17.7 Å². The lowest BCUT2D eigenvalue weighted by molar-refractivity contribution is -0.185. The first-order valence-corrected chi connectivity index (χ1v) is 17.6. The number of carbonyl (C=O) groups excluding carboxylic acids is 2. The lowest BCUT2D eigenvalue weighted by Crippen LogP contribution is -2.28. The predicted octanol–water partition coefficient (Wildman–Crippen LogP) is 11.8. The highest BCUT2D eigenvalue weighted by Gasteiger charge is 2.40. The van der Waals surface area contributed by atoms with Crippen molar-refractivity contribution in [3.63, 3.8) is 0 Å². The Bertz CT molecular complexity index is 1340. The maximum Gasteiger partial charge on any atom is 0.395 e. The number of unbranched alkanes of at least 4 members (excludes halogenated alkanes) is 11. The highest BCUT2D eigenvalue weighted by Crippen LogP contribution is 2.31. The summed E-state index contributed by atoms with van der Waals surface area (Å²) in [7, 11) is 0. The zero-order chi connectivity index (χ0) is 34.6. The molecule has 1 atom stereocenters. The third-order valence-corrected chi connectivity index (χ3v) is 8.41. The second-order valence-corrected chi connectivity index (χ2v) is 12.4. The van der Waals surface area contributed by atoms with Crippen LogP contribution in [0.1, 0.15) is 124 Å². The third kappa shape index (κ3) is 14.1. The van der Waals surface area contributed by atoms with Crippen LogP contribution in [-0.4, -0.2) is 31.3 Å². The Morgan fingerprint density at radius 3 is 1.60 bits per heavy atom. The molecule has 8 heteroatoms. The van der Waals surface area contributed by atoms with Gasteiger partial charge in [0, 0.05) is 0 Å². The quantitative estimate of drug-likeness (QED) is 0.0606. The molecule has 0 N–H and O–H groups in total. The molecule has 0 bridgehead atoms. The maximum atomic E-state index is 13.5. The fourth-order valence-electron chi connectivity index (χ4n) is 5.39. The summed E-state index contributed by atoms with van der Waals surface area (Å²) in [5.41, 5.74) is 2.35. The minimum Gasteiger partial charge on any atom is -0.494 e. The first-order chi connectivity index (χ1) is 23.2. The van der Waals surface area contributed by atoms with Gasteiger partial charge in [-0.2, -0.15) is 13.2 Å². The standard InChI is InChI=1S/C40H51F3O5/c1-3-5-7-9-11-12-14-16-35(40(41,42)43)30-47-38(44)33-23-27-37(28-24-33)48-39(45)34-19-17-31(18-20-34)32-21-25-36(26-22-32)46-29-15-13-10-8-6-4-2/h17-28,35H,3-16,29-30H2,1-2H3. The Morgan fingerprint density at radius 2 is 1.04 bits per heavy atom. The van der Waals surface area contributed by atoms with Crippen LogP contribution in [0, 0.1) is 5.92 Å². The molecule has 3 rings (SSSR count). The molecule has 262 valence electrons. The number of carbonyl (C=O) groups is 2. The van der Waals surface area contributed by atoms with Crippen molar-refractivity contribution in [2.45, 2.75) is 110 Å². The molecule has 0 spiro atoms. The Morgan fingerprint density at radius 1 is 0.583 bits per heavy atom. The van der Waals surface area contributed by atoms with Gasteiger partial charge in [0.15, 0.2) is 0 Å².